The zero-order chi connectivity index (χ0) is 20.2. The summed E-state index contributed by atoms with van der Waals surface area (Å²) < 4.78 is 2.69. The molecule has 9 heteroatoms. The minimum atomic E-state index is -0.471. The first-order chi connectivity index (χ1) is 14.1. The van der Waals surface area contributed by atoms with Gasteiger partial charge in [0.05, 0.1) is 13.0 Å². The smallest absolute Gasteiger partial charge is 0.249 e. The van der Waals surface area contributed by atoms with Gasteiger partial charge in [-0.3, -0.25) is 14.9 Å². The summed E-state index contributed by atoms with van der Waals surface area (Å²) >= 11 is 4.97. The third kappa shape index (κ3) is 4.91. The van der Waals surface area contributed by atoms with Crippen LogP contribution in [0.5, 0.6) is 0 Å². The normalized spacial score (nSPS) is 16.2. The van der Waals surface area contributed by atoms with E-state index in [1.54, 1.807) is 27.2 Å². The highest BCUT2D eigenvalue weighted by molar-refractivity contribution is 9.10. The van der Waals surface area contributed by atoms with E-state index in [-0.39, 0.29) is 17.8 Å². The Morgan fingerprint density at radius 3 is 2.83 bits per heavy atom. The van der Waals surface area contributed by atoms with Gasteiger partial charge in [0.2, 0.25) is 17.8 Å². The summed E-state index contributed by atoms with van der Waals surface area (Å²) in [5.74, 6) is 0.00640. The maximum Gasteiger partial charge on any atom is 0.249 e. The monoisotopic (exact) mass is 473 g/mol. The zero-order valence-corrected chi connectivity index (χ0v) is 18.0. The molecule has 3 heterocycles. The number of nitrogens with zero attached hydrogens (tertiary/aromatic N) is 4. The number of hydrogen-bond acceptors (Lipinski definition) is 5. The van der Waals surface area contributed by atoms with Gasteiger partial charge in [-0.15, -0.1) is 16.4 Å². The van der Waals surface area contributed by atoms with Crippen LogP contribution in [0.15, 0.2) is 52.6 Å². The number of halogens is 1. The van der Waals surface area contributed by atoms with Crippen LogP contribution in [0, 0.1) is 0 Å². The van der Waals surface area contributed by atoms with Crippen LogP contribution in [0.1, 0.15) is 23.3 Å². The van der Waals surface area contributed by atoms with Crippen LogP contribution in [0.4, 0.5) is 5.95 Å². The predicted octanol–water partition coefficient (Wildman–Crippen LogP) is 3.32. The van der Waals surface area contributed by atoms with Crippen molar-refractivity contribution in [3.8, 4) is 0 Å². The standard InChI is InChI=1S/C20H20BrN5O2S/c21-15-7-5-14(6-8-15)12-25-13-22-20(24-25)23-19(28)17-4-1-9-26(17)18(27)11-16-3-2-10-29-16/h2-3,5-8,10,13,17H,1,4,9,11-12H2,(H,23,24,28). The van der Waals surface area contributed by atoms with E-state index in [0.29, 0.717) is 25.9 Å². The van der Waals surface area contributed by atoms with Gasteiger partial charge in [0, 0.05) is 15.9 Å². The molecule has 0 aliphatic carbocycles. The van der Waals surface area contributed by atoms with Gasteiger partial charge in [0.1, 0.15) is 12.4 Å². The van der Waals surface area contributed by atoms with Gasteiger partial charge in [-0.05, 0) is 42.0 Å². The number of likely N-dealkylation sites (tertiary alicyclic amines) is 1. The Balaban J connectivity index is 1.36. The van der Waals surface area contributed by atoms with Gasteiger partial charge in [0.15, 0.2) is 0 Å². The first kappa shape index (κ1) is 19.8. The summed E-state index contributed by atoms with van der Waals surface area (Å²) in [6.07, 6.45) is 3.40. The van der Waals surface area contributed by atoms with Crippen LogP contribution in [0.25, 0.3) is 0 Å². The van der Waals surface area contributed by atoms with Gasteiger partial charge in [-0.2, -0.15) is 0 Å². The maximum atomic E-state index is 12.7. The molecule has 1 aromatic carbocycles. The van der Waals surface area contributed by atoms with Gasteiger partial charge < -0.3 is 4.90 Å². The van der Waals surface area contributed by atoms with E-state index in [2.05, 4.69) is 31.3 Å². The lowest BCUT2D eigenvalue weighted by Crippen LogP contribution is -2.43. The Bertz CT molecular complexity index is 987. The average Bonchev–Trinajstić information content (AvgIpc) is 3.45. The highest BCUT2D eigenvalue weighted by Crippen LogP contribution is 2.21. The van der Waals surface area contributed by atoms with Crippen molar-refractivity contribution in [3.63, 3.8) is 0 Å². The minimum Gasteiger partial charge on any atom is -0.330 e. The molecule has 1 atom stereocenters. The molecular formula is C20H20BrN5O2S. The molecule has 7 nitrogen and oxygen atoms in total. The number of amides is 2. The van der Waals surface area contributed by atoms with Crippen LogP contribution in [0.3, 0.4) is 0 Å². The summed E-state index contributed by atoms with van der Waals surface area (Å²) in [7, 11) is 0. The van der Waals surface area contributed by atoms with Crippen molar-refractivity contribution in [2.24, 2.45) is 0 Å². The summed E-state index contributed by atoms with van der Waals surface area (Å²) in [5.41, 5.74) is 1.08. The number of carbonyl (C=O) groups excluding carboxylic acids is 2. The average molecular weight is 474 g/mol. The Kier molecular flexibility index (Phi) is 6.05. The largest absolute Gasteiger partial charge is 0.330 e. The predicted molar refractivity (Wildman–Crippen MR) is 115 cm³/mol. The van der Waals surface area contributed by atoms with Crippen LogP contribution in [0.2, 0.25) is 0 Å². The van der Waals surface area contributed by atoms with Gasteiger partial charge in [-0.1, -0.05) is 34.1 Å². The molecule has 2 amide bonds. The molecule has 1 saturated heterocycles. The molecule has 4 rings (SSSR count). The molecule has 1 fully saturated rings. The van der Waals surface area contributed by atoms with Crippen LogP contribution in [-0.4, -0.2) is 44.1 Å². The number of nitrogens with one attached hydrogen (secondary N) is 1. The van der Waals surface area contributed by atoms with Crippen LogP contribution in [-0.2, 0) is 22.6 Å². The SMILES string of the molecule is O=C(Nc1ncn(Cc2ccc(Br)cc2)n1)C1CCCN1C(=O)Cc1cccs1. The van der Waals surface area contributed by atoms with Crippen molar-refractivity contribution < 1.29 is 9.59 Å². The zero-order valence-electron chi connectivity index (χ0n) is 15.6. The second kappa shape index (κ2) is 8.87. The molecular weight excluding hydrogens is 454 g/mol. The van der Waals surface area contributed by atoms with Crippen molar-refractivity contribution in [2.75, 3.05) is 11.9 Å². The van der Waals surface area contributed by atoms with E-state index in [1.807, 2.05) is 41.8 Å². The van der Waals surface area contributed by atoms with E-state index in [9.17, 15) is 9.59 Å². The maximum absolute atomic E-state index is 12.7. The molecule has 0 spiro atoms. The molecule has 0 saturated carbocycles. The van der Waals surface area contributed by atoms with E-state index in [1.165, 1.54) is 0 Å². The van der Waals surface area contributed by atoms with Gasteiger partial charge in [-0.25, -0.2) is 9.67 Å². The molecule has 1 aliphatic heterocycles. The lowest BCUT2D eigenvalue weighted by atomic mass is 10.2. The Hall–Kier alpha value is -2.52. The fourth-order valence-electron chi connectivity index (χ4n) is 3.40. The first-order valence-corrected chi connectivity index (χ1v) is 11.0. The third-order valence-electron chi connectivity index (χ3n) is 4.81. The number of anilines is 1. The summed E-state index contributed by atoms with van der Waals surface area (Å²) in [6, 6.07) is 11.3. The van der Waals surface area contributed by atoms with E-state index in [4.69, 9.17) is 0 Å². The Labute approximate surface area is 180 Å². The first-order valence-electron chi connectivity index (χ1n) is 9.35. The fraction of sp³-hybridized carbons (Fsp3) is 0.300. The number of aromatic nitrogens is 3. The number of carbonyl (C=O) groups is 2. The Morgan fingerprint density at radius 2 is 2.07 bits per heavy atom. The summed E-state index contributed by atoms with van der Waals surface area (Å²) in [4.78, 5) is 32.2. The molecule has 2 aromatic heterocycles. The number of benzene rings is 1. The van der Waals surface area contributed by atoms with Gasteiger partial charge >= 0.3 is 0 Å². The highest BCUT2D eigenvalue weighted by Gasteiger charge is 2.34. The molecule has 0 bridgehead atoms. The molecule has 1 unspecified atom stereocenters. The molecule has 1 N–H and O–H groups in total. The van der Waals surface area contributed by atoms with E-state index < -0.39 is 6.04 Å². The van der Waals surface area contributed by atoms with Crippen molar-refractivity contribution in [3.05, 3.63) is 63.0 Å². The lowest BCUT2D eigenvalue weighted by molar-refractivity contribution is -0.136. The lowest BCUT2D eigenvalue weighted by Gasteiger charge is -2.23. The topological polar surface area (TPSA) is 80.1 Å². The molecule has 0 radical (unpaired) electrons. The van der Waals surface area contributed by atoms with Crippen molar-refractivity contribution in [2.45, 2.75) is 31.8 Å². The van der Waals surface area contributed by atoms with Gasteiger partial charge in [0.25, 0.3) is 0 Å². The molecule has 150 valence electrons. The minimum absolute atomic E-state index is 0.0150. The number of thiophene rings is 1. The van der Waals surface area contributed by atoms with E-state index in [0.717, 1.165) is 21.3 Å². The van der Waals surface area contributed by atoms with Crippen molar-refractivity contribution in [1.29, 1.82) is 0 Å². The molecule has 3 aromatic rings. The molecule has 29 heavy (non-hydrogen) atoms. The van der Waals surface area contributed by atoms with E-state index >= 15 is 0 Å². The second-order valence-corrected chi connectivity index (χ2v) is 8.83. The fourth-order valence-corrected chi connectivity index (χ4v) is 4.36. The van der Waals surface area contributed by atoms with Crippen LogP contribution >= 0.6 is 27.3 Å². The highest BCUT2D eigenvalue weighted by atomic mass is 79.9. The third-order valence-corrected chi connectivity index (χ3v) is 6.22. The molecule has 1 aliphatic rings. The quantitative estimate of drug-likeness (QED) is 0.595. The summed E-state index contributed by atoms with van der Waals surface area (Å²) in [6.45, 7) is 1.17. The Morgan fingerprint density at radius 1 is 1.24 bits per heavy atom. The number of hydrogen-bond donors (Lipinski definition) is 1. The number of rotatable bonds is 6. The van der Waals surface area contributed by atoms with Crippen molar-refractivity contribution >= 4 is 45.0 Å². The second-order valence-electron chi connectivity index (χ2n) is 6.88. The van der Waals surface area contributed by atoms with Crippen molar-refractivity contribution in [1.82, 2.24) is 19.7 Å². The summed E-state index contributed by atoms with van der Waals surface area (Å²) in [5, 5.41) is 9.04. The van der Waals surface area contributed by atoms with Crippen LogP contribution < -0.4 is 5.32 Å².